The average molecular weight is 747 g/mol. The van der Waals surface area contributed by atoms with Crippen molar-refractivity contribution in [2.45, 2.75) is 75.8 Å². The van der Waals surface area contributed by atoms with Crippen LogP contribution in [-0.2, 0) is 16.6 Å². The fourth-order valence-corrected chi connectivity index (χ4v) is 9.56. The van der Waals surface area contributed by atoms with Gasteiger partial charge in [0.2, 0.25) is 11.8 Å². The molecule has 0 amide bonds. The number of nitrogens with zero attached hydrogens (tertiary/aromatic N) is 4. The topological polar surface area (TPSA) is 156 Å². The first-order valence-electron chi connectivity index (χ1n) is 17.0. The molecule has 0 unspecified atom stereocenters. The number of carbonyl (C=O) groups is 1. The molecule has 266 valence electrons. The van der Waals surface area contributed by atoms with E-state index < -0.39 is 16.0 Å². The minimum absolute atomic E-state index is 0. The van der Waals surface area contributed by atoms with Crippen LogP contribution in [0.5, 0.6) is 5.88 Å². The Bertz CT molecular complexity index is 2200. The average Bonchev–Trinajstić information content (AvgIpc) is 3.81. The number of benzene rings is 2. The number of ether oxygens (including phenoxy) is 1. The van der Waals surface area contributed by atoms with E-state index in [9.17, 15) is 18.3 Å². The number of halogens is 1. The third-order valence-corrected chi connectivity index (χ3v) is 12.7. The highest BCUT2D eigenvalue weighted by atomic mass is 35.5. The van der Waals surface area contributed by atoms with Crippen LogP contribution in [0, 0.1) is 25.2 Å². The van der Waals surface area contributed by atoms with Crippen molar-refractivity contribution in [3.8, 4) is 17.1 Å². The molecule has 51 heavy (non-hydrogen) atoms. The van der Waals surface area contributed by atoms with Crippen LogP contribution in [0.1, 0.15) is 76.5 Å². The summed E-state index contributed by atoms with van der Waals surface area (Å²) < 4.78 is 35.7. The number of aromatic nitrogens is 4. The van der Waals surface area contributed by atoms with Crippen molar-refractivity contribution in [1.29, 1.82) is 0 Å². The van der Waals surface area contributed by atoms with Gasteiger partial charge in [0.15, 0.2) is 0 Å². The van der Waals surface area contributed by atoms with Crippen molar-refractivity contribution in [3.05, 3.63) is 88.1 Å². The zero-order valence-electron chi connectivity index (χ0n) is 28.3. The number of sulfonamides is 1. The molecule has 4 saturated carbocycles. The molecule has 2 aromatic carbocycles. The zero-order valence-corrected chi connectivity index (χ0v) is 30.7. The van der Waals surface area contributed by atoms with Crippen LogP contribution in [0.3, 0.4) is 0 Å². The normalized spacial score (nSPS) is 19.8. The van der Waals surface area contributed by atoms with E-state index in [4.69, 9.17) is 14.7 Å². The minimum Gasteiger partial charge on any atom is -0.478 e. The molecule has 9 rings (SSSR count). The van der Waals surface area contributed by atoms with Crippen molar-refractivity contribution in [1.82, 2.24) is 25.3 Å². The van der Waals surface area contributed by atoms with Crippen molar-refractivity contribution in [2.24, 2.45) is 11.3 Å². The molecule has 0 aliphatic heterocycles. The predicted molar refractivity (Wildman–Crippen MR) is 198 cm³/mol. The molecule has 14 heteroatoms. The number of aryl methyl sites for hydroxylation is 2. The smallest absolute Gasteiger partial charge is 0.335 e. The summed E-state index contributed by atoms with van der Waals surface area (Å²) in [5.74, 6) is 0.344. The Morgan fingerprint density at radius 3 is 2.47 bits per heavy atom. The molecule has 4 aliphatic carbocycles. The fourth-order valence-electron chi connectivity index (χ4n) is 7.46. The standard InChI is InChI=1S/C37H38N6O5S2.ClH/c1-21-5-3-6-22(2)33(21)29-13-32(42-36(41-29)43-50(46,47)28-8-4-7-25(11-28)35(44)45)48-20-26(17-37-14-23(15-37)16-37)38-18-27-19-39-34-30(40-27)12-31(49-34)24-9-10-24;/h3-8,11-13,19,23-24,26,38H,9-10,14-18,20H2,1-2H3,(H,44,45)(H,41,42,43);1H/t23?,26-,37?;/m1./s1. The molecule has 5 aromatic rings. The predicted octanol–water partition coefficient (Wildman–Crippen LogP) is 7.29. The van der Waals surface area contributed by atoms with Crippen LogP contribution in [0.25, 0.3) is 21.6 Å². The van der Waals surface area contributed by atoms with Crippen LogP contribution in [0.2, 0.25) is 0 Å². The minimum atomic E-state index is -4.22. The Morgan fingerprint density at radius 2 is 1.78 bits per heavy atom. The summed E-state index contributed by atoms with van der Waals surface area (Å²) in [6, 6.07) is 15.0. The highest BCUT2D eigenvalue weighted by molar-refractivity contribution is 7.92. The summed E-state index contributed by atoms with van der Waals surface area (Å²) in [7, 11) is -4.22. The number of nitrogens with one attached hydrogen (secondary N) is 2. The molecule has 3 heterocycles. The van der Waals surface area contributed by atoms with Gasteiger partial charge in [-0.1, -0.05) is 24.3 Å². The quantitative estimate of drug-likeness (QED) is 0.105. The van der Waals surface area contributed by atoms with Crippen LogP contribution in [-0.4, -0.2) is 52.1 Å². The van der Waals surface area contributed by atoms with Gasteiger partial charge in [0.05, 0.1) is 28.0 Å². The highest BCUT2D eigenvalue weighted by Crippen LogP contribution is 2.66. The summed E-state index contributed by atoms with van der Waals surface area (Å²) in [6.45, 7) is 4.80. The summed E-state index contributed by atoms with van der Waals surface area (Å²) in [4.78, 5) is 32.4. The van der Waals surface area contributed by atoms with E-state index in [0.29, 0.717) is 30.2 Å². The van der Waals surface area contributed by atoms with E-state index in [2.05, 4.69) is 26.1 Å². The molecule has 1 atom stereocenters. The van der Waals surface area contributed by atoms with Gasteiger partial charge < -0.3 is 15.2 Å². The first kappa shape index (κ1) is 35.2. The lowest BCUT2D eigenvalue weighted by molar-refractivity contribution is -0.119. The van der Waals surface area contributed by atoms with Crippen molar-refractivity contribution < 1.29 is 23.1 Å². The molecule has 3 N–H and O–H groups in total. The SMILES string of the molecule is Cc1cccc(C)c1-c1cc(OC[C@@H](CC23CC(C2)C3)NCc2cnc3sc(C4CC4)cc3n2)nc(NS(=O)(=O)c2cccc(C(=O)O)c2)n1.Cl. The van der Waals surface area contributed by atoms with Crippen molar-refractivity contribution >= 4 is 56.0 Å². The maximum absolute atomic E-state index is 13.4. The maximum Gasteiger partial charge on any atom is 0.335 e. The zero-order chi connectivity index (χ0) is 34.6. The number of anilines is 1. The van der Waals surface area contributed by atoms with Gasteiger partial charge in [-0.3, -0.25) is 0 Å². The number of thiophene rings is 1. The molecular formula is C37H39ClN6O5S2. The third-order valence-electron chi connectivity index (χ3n) is 10.2. The Labute approximate surface area is 306 Å². The van der Waals surface area contributed by atoms with Crippen LogP contribution in [0.15, 0.2) is 65.7 Å². The van der Waals surface area contributed by atoms with Gasteiger partial charge in [-0.2, -0.15) is 4.98 Å². The summed E-state index contributed by atoms with van der Waals surface area (Å²) >= 11 is 1.74. The van der Waals surface area contributed by atoms with E-state index in [1.54, 1.807) is 17.4 Å². The number of hydrogen-bond donors (Lipinski definition) is 3. The van der Waals surface area contributed by atoms with Gasteiger partial charge in [-0.25, -0.2) is 32.9 Å². The highest BCUT2D eigenvalue weighted by Gasteiger charge is 2.56. The second kappa shape index (κ2) is 13.8. The van der Waals surface area contributed by atoms with E-state index >= 15 is 0 Å². The number of fused-ring (bicyclic) bond motifs is 1. The molecule has 4 aliphatic rings. The first-order chi connectivity index (χ1) is 24.0. The Morgan fingerprint density at radius 1 is 1.04 bits per heavy atom. The van der Waals surface area contributed by atoms with Crippen LogP contribution >= 0.6 is 23.7 Å². The third kappa shape index (κ3) is 7.43. The monoisotopic (exact) mass is 746 g/mol. The van der Waals surface area contributed by atoms with Crippen molar-refractivity contribution in [3.63, 3.8) is 0 Å². The second-order valence-corrected chi connectivity index (χ2v) is 16.9. The van der Waals surface area contributed by atoms with Gasteiger partial charge in [0, 0.05) is 29.1 Å². The summed E-state index contributed by atoms with van der Waals surface area (Å²) in [5, 5.41) is 13.1. The molecule has 0 spiro atoms. The van der Waals surface area contributed by atoms with Crippen LogP contribution in [0.4, 0.5) is 5.95 Å². The molecule has 0 saturated heterocycles. The maximum atomic E-state index is 13.4. The van der Waals surface area contributed by atoms with E-state index in [1.165, 1.54) is 55.2 Å². The fraction of sp³-hybridized carbons (Fsp3) is 0.378. The number of rotatable bonds is 14. The Balaban J connectivity index is 0.00000406. The largest absolute Gasteiger partial charge is 0.478 e. The van der Waals surface area contributed by atoms with Gasteiger partial charge in [-0.15, -0.1) is 23.7 Å². The van der Waals surface area contributed by atoms with Crippen molar-refractivity contribution in [2.75, 3.05) is 11.3 Å². The second-order valence-electron chi connectivity index (χ2n) is 14.2. The molecule has 4 fully saturated rings. The Kier molecular flexibility index (Phi) is 9.51. The van der Waals surface area contributed by atoms with Crippen LogP contribution < -0.4 is 14.8 Å². The van der Waals surface area contributed by atoms with E-state index in [-0.39, 0.29) is 40.7 Å². The van der Waals surface area contributed by atoms with Gasteiger partial charge in [0.25, 0.3) is 10.0 Å². The van der Waals surface area contributed by atoms with E-state index in [1.807, 2.05) is 38.2 Å². The molecule has 2 bridgehead atoms. The molecule has 0 radical (unpaired) electrons. The molecule has 3 aromatic heterocycles. The number of carboxylic acids is 1. The first-order valence-corrected chi connectivity index (χ1v) is 19.3. The van der Waals surface area contributed by atoms with Gasteiger partial charge >= 0.3 is 5.97 Å². The number of carboxylic acid groups (broad SMARTS) is 1. The molecular weight excluding hydrogens is 708 g/mol. The van der Waals surface area contributed by atoms with Gasteiger partial charge in [0.1, 0.15) is 17.0 Å². The summed E-state index contributed by atoms with van der Waals surface area (Å²) in [6.07, 6.45) is 9.04. The lowest BCUT2D eigenvalue weighted by Crippen LogP contribution is -2.55. The number of hydrogen-bond acceptors (Lipinski definition) is 10. The summed E-state index contributed by atoms with van der Waals surface area (Å²) in [5.41, 5.74) is 5.32. The lowest BCUT2D eigenvalue weighted by atomic mass is 9.43. The number of aromatic carboxylic acids is 1. The molecule has 11 nitrogen and oxygen atoms in total. The Hall–Kier alpha value is -4.17. The van der Waals surface area contributed by atoms with E-state index in [0.717, 1.165) is 51.1 Å². The van der Waals surface area contributed by atoms with Gasteiger partial charge in [-0.05, 0) is 105 Å². The lowest BCUT2D eigenvalue weighted by Gasteiger charge is -2.63.